The average molecular weight is 453 g/mol. The van der Waals surface area contributed by atoms with E-state index in [0.29, 0.717) is 16.3 Å². The Morgan fingerprint density at radius 3 is 2.28 bits per heavy atom. The number of fused-ring (bicyclic) bond motifs is 1. The van der Waals surface area contributed by atoms with Crippen molar-refractivity contribution >= 4 is 28.5 Å². The van der Waals surface area contributed by atoms with Crippen molar-refractivity contribution in [1.82, 2.24) is 19.1 Å². The summed E-state index contributed by atoms with van der Waals surface area (Å²) in [6.07, 6.45) is 0. The van der Waals surface area contributed by atoms with Crippen LogP contribution in [0.5, 0.6) is 0 Å². The van der Waals surface area contributed by atoms with Crippen molar-refractivity contribution in [2.75, 3.05) is 0 Å². The van der Waals surface area contributed by atoms with E-state index in [1.807, 2.05) is 0 Å². The fourth-order valence-electron chi connectivity index (χ4n) is 3.13. The van der Waals surface area contributed by atoms with Crippen LogP contribution in [0.2, 0.25) is 0 Å². The van der Waals surface area contributed by atoms with Crippen LogP contribution in [0.15, 0.2) is 63.1 Å². The van der Waals surface area contributed by atoms with Gasteiger partial charge in [-0.25, -0.2) is 19.2 Å². The molecule has 4 rings (SSSR count). The van der Waals surface area contributed by atoms with Gasteiger partial charge in [-0.3, -0.25) is 24.0 Å². The van der Waals surface area contributed by atoms with Crippen molar-refractivity contribution in [2.24, 2.45) is 14.1 Å². The van der Waals surface area contributed by atoms with Gasteiger partial charge in [-0.2, -0.15) is 0 Å². The molecule has 0 saturated carbocycles. The zero-order valence-electron chi connectivity index (χ0n) is 17.0. The Labute approximate surface area is 184 Å². The molecule has 0 aliphatic carbocycles. The Hall–Kier alpha value is -3.86. The molecule has 2 aromatic heterocycles. The van der Waals surface area contributed by atoms with Crippen molar-refractivity contribution in [1.29, 1.82) is 0 Å². The molecule has 4 aromatic rings. The quantitative estimate of drug-likeness (QED) is 0.198. The maximum absolute atomic E-state index is 13.4. The molecule has 32 heavy (non-hydrogen) atoms. The third kappa shape index (κ3) is 3.89. The number of non-ortho nitro benzene ring substituents is 1. The summed E-state index contributed by atoms with van der Waals surface area (Å²) in [5, 5.41) is 11.4. The molecule has 0 bridgehead atoms. The monoisotopic (exact) mass is 453 g/mol. The fraction of sp³-hybridized carbons (Fsp3) is 0.143. The van der Waals surface area contributed by atoms with Crippen LogP contribution in [0.4, 0.5) is 10.1 Å². The highest BCUT2D eigenvalue weighted by Gasteiger charge is 2.18. The minimum absolute atomic E-state index is 0.0197. The van der Waals surface area contributed by atoms with Crippen molar-refractivity contribution in [3.8, 4) is 11.4 Å². The number of aryl methyl sites for hydroxylation is 1. The summed E-state index contributed by atoms with van der Waals surface area (Å²) in [4.78, 5) is 44.6. The van der Waals surface area contributed by atoms with Gasteiger partial charge >= 0.3 is 5.69 Å². The van der Waals surface area contributed by atoms with E-state index >= 15 is 0 Å². The van der Waals surface area contributed by atoms with E-state index in [0.717, 1.165) is 10.1 Å². The highest BCUT2D eigenvalue weighted by Crippen LogP contribution is 2.29. The number of nitro groups is 1. The van der Waals surface area contributed by atoms with E-state index in [4.69, 9.17) is 0 Å². The molecule has 0 spiro atoms. The number of nitro benzene ring substituents is 1. The summed E-state index contributed by atoms with van der Waals surface area (Å²) >= 11 is 1.24. The molecule has 0 radical (unpaired) electrons. The van der Waals surface area contributed by atoms with Crippen LogP contribution in [-0.4, -0.2) is 24.0 Å². The molecule has 2 heterocycles. The van der Waals surface area contributed by atoms with Gasteiger partial charge in [0.05, 0.1) is 4.92 Å². The average Bonchev–Trinajstić information content (AvgIpc) is 2.80. The SMILES string of the molecule is Cn1c(=O)c2c(SCc3ccc([N+](=O)[O-])cc3)nc(-c3ccc(F)cc3)nc2n(C)c1=O. The van der Waals surface area contributed by atoms with Crippen molar-refractivity contribution < 1.29 is 9.31 Å². The number of benzene rings is 2. The second-order valence-corrected chi connectivity index (χ2v) is 7.94. The minimum atomic E-state index is -0.530. The van der Waals surface area contributed by atoms with E-state index in [1.54, 1.807) is 12.1 Å². The molecule has 0 aliphatic heterocycles. The number of hydrogen-bond donors (Lipinski definition) is 0. The predicted molar refractivity (Wildman–Crippen MR) is 118 cm³/mol. The Bertz CT molecular complexity index is 1460. The van der Waals surface area contributed by atoms with E-state index in [9.17, 15) is 24.1 Å². The highest BCUT2D eigenvalue weighted by atomic mass is 32.2. The zero-order valence-corrected chi connectivity index (χ0v) is 17.8. The summed E-state index contributed by atoms with van der Waals surface area (Å²) < 4.78 is 15.6. The maximum atomic E-state index is 13.4. The fourth-order valence-corrected chi connectivity index (χ4v) is 4.10. The Morgan fingerprint density at radius 2 is 1.66 bits per heavy atom. The molecule has 0 fully saturated rings. The lowest BCUT2D eigenvalue weighted by Gasteiger charge is -2.12. The summed E-state index contributed by atoms with van der Waals surface area (Å²) in [6.45, 7) is 0. The summed E-state index contributed by atoms with van der Waals surface area (Å²) in [5.74, 6) is 0.203. The lowest BCUT2D eigenvalue weighted by Crippen LogP contribution is -2.37. The van der Waals surface area contributed by atoms with Crippen LogP contribution in [0, 0.1) is 15.9 Å². The highest BCUT2D eigenvalue weighted by molar-refractivity contribution is 7.98. The Morgan fingerprint density at radius 1 is 1.00 bits per heavy atom. The first-order valence-corrected chi connectivity index (χ1v) is 10.3. The van der Waals surface area contributed by atoms with Gasteiger partial charge in [0.15, 0.2) is 11.5 Å². The van der Waals surface area contributed by atoms with Gasteiger partial charge in [0.25, 0.3) is 11.2 Å². The topological polar surface area (TPSA) is 113 Å². The van der Waals surface area contributed by atoms with Crippen LogP contribution in [0.1, 0.15) is 5.56 Å². The second kappa shape index (κ2) is 8.35. The van der Waals surface area contributed by atoms with Gasteiger partial charge in [0, 0.05) is 37.5 Å². The molecule has 162 valence electrons. The molecule has 2 aromatic carbocycles. The summed E-state index contributed by atoms with van der Waals surface area (Å²) in [5.41, 5.74) is 0.404. The van der Waals surface area contributed by atoms with Gasteiger partial charge in [-0.05, 0) is 29.8 Å². The summed E-state index contributed by atoms with van der Waals surface area (Å²) in [6, 6.07) is 11.6. The Kier molecular flexibility index (Phi) is 5.57. The first-order valence-electron chi connectivity index (χ1n) is 9.36. The predicted octanol–water partition coefficient (Wildman–Crippen LogP) is 3.03. The molecule has 0 aliphatic rings. The molecule has 9 nitrogen and oxygen atoms in total. The molecule has 0 N–H and O–H groups in total. The minimum Gasteiger partial charge on any atom is -0.280 e. The Balaban J connectivity index is 1.85. The van der Waals surface area contributed by atoms with E-state index in [1.165, 1.54) is 66.8 Å². The van der Waals surface area contributed by atoms with Gasteiger partial charge < -0.3 is 0 Å². The third-order valence-electron chi connectivity index (χ3n) is 4.89. The largest absolute Gasteiger partial charge is 0.332 e. The maximum Gasteiger partial charge on any atom is 0.332 e. The van der Waals surface area contributed by atoms with Gasteiger partial charge in [0.2, 0.25) is 0 Å². The molecule has 0 saturated heterocycles. The van der Waals surface area contributed by atoms with Gasteiger partial charge in [-0.1, -0.05) is 12.1 Å². The number of halogens is 1. The smallest absolute Gasteiger partial charge is 0.280 e. The van der Waals surface area contributed by atoms with E-state index in [-0.39, 0.29) is 22.5 Å². The van der Waals surface area contributed by atoms with E-state index in [2.05, 4.69) is 9.97 Å². The third-order valence-corrected chi connectivity index (χ3v) is 5.94. The first-order chi connectivity index (χ1) is 15.3. The number of rotatable bonds is 5. The van der Waals surface area contributed by atoms with Crippen molar-refractivity contribution in [3.05, 3.63) is 90.9 Å². The number of nitrogens with zero attached hydrogens (tertiary/aromatic N) is 5. The number of hydrogen-bond acceptors (Lipinski definition) is 7. The van der Waals surface area contributed by atoms with Crippen molar-refractivity contribution in [2.45, 2.75) is 10.8 Å². The standard InChI is InChI=1S/C21H16FN5O4S/c1-25-18-16(20(28)26(2)21(25)29)19(24-17(23-18)13-5-7-14(22)8-6-13)32-11-12-3-9-15(10-4-12)27(30)31/h3-10H,11H2,1-2H3. The molecule has 0 unspecified atom stereocenters. The van der Waals surface area contributed by atoms with Crippen molar-refractivity contribution in [3.63, 3.8) is 0 Å². The van der Waals surface area contributed by atoms with Crippen LogP contribution in [-0.2, 0) is 19.8 Å². The van der Waals surface area contributed by atoms with Gasteiger partial charge in [0.1, 0.15) is 16.2 Å². The van der Waals surface area contributed by atoms with Crippen LogP contribution in [0.25, 0.3) is 22.4 Å². The molecular formula is C21H16FN5O4S. The van der Waals surface area contributed by atoms with Crippen LogP contribution >= 0.6 is 11.8 Å². The van der Waals surface area contributed by atoms with Crippen LogP contribution in [0.3, 0.4) is 0 Å². The van der Waals surface area contributed by atoms with Crippen LogP contribution < -0.4 is 11.2 Å². The molecular weight excluding hydrogens is 437 g/mol. The molecule has 11 heteroatoms. The number of thioether (sulfide) groups is 1. The zero-order chi connectivity index (χ0) is 23.0. The number of aromatic nitrogens is 4. The normalized spacial score (nSPS) is 11.1. The molecule has 0 atom stereocenters. The lowest BCUT2D eigenvalue weighted by atomic mass is 10.2. The molecule has 0 amide bonds. The van der Waals surface area contributed by atoms with E-state index < -0.39 is 22.0 Å². The second-order valence-electron chi connectivity index (χ2n) is 6.98. The first kappa shape index (κ1) is 21.4. The lowest BCUT2D eigenvalue weighted by molar-refractivity contribution is -0.384. The van der Waals surface area contributed by atoms with Gasteiger partial charge in [-0.15, -0.1) is 11.8 Å². The summed E-state index contributed by atoms with van der Waals surface area (Å²) in [7, 11) is 2.89.